The molecule has 2 aromatic rings. The van der Waals surface area contributed by atoms with E-state index in [1.807, 2.05) is 0 Å². The molecule has 0 aliphatic heterocycles. The highest BCUT2D eigenvalue weighted by molar-refractivity contribution is 14.1. The van der Waals surface area contributed by atoms with Crippen molar-refractivity contribution < 1.29 is 0 Å². The van der Waals surface area contributed by atoms with E-state index >= 15 is 0 Å². The molecular weight excluding hydrogens is 345 g/mol. The van der Waals surface area contributed by atoms with Gasteiger partial charge in [0.05, 0.1) is 6.04 Å². The molecule has 0 heterocycles. The lowest BCUT2D eigenvalue weighted by atomic mass is 9.87. The third kappa shape index (κ3) is 2.84. The lowest BCUT2D eigenvalue weighted by molar-refractivity contribution is 0.844. The van der Waals surface area contributed by atoms with Crippen LogP contribution in [-0.2, 0) is 0 Å². The van der Waals surface area contributed by atoms with Crippen molar-refractivity contribution in [2.45, 2.75) is 33.7 Å². The molecule has 1 unspecified atom stereocenters. The third-order valence-electron chi connectivity index (χ3n) is 3.94. The van der Waals surface area contributed by atoms with Crippen LogP contribution >= 0.6 is 22.6 Å². The van der Waals surface area contributed by atoms with Crippen LogP contribution in [0.2, 0.25) is 0 Å². The molecule has 0 radical (unpaired) electrons. The van der Waals surface area contributed by atoms with E-state index in [1.165, 1.54) is 37.0 Å². The number of benzene rings is 2. The van der Waals surface area contributed by atoms with E-state index in [4.69, 9.17) is 5.73 Å². The Morgan fingerprint density at radius 1 is 0.947 bits per heavy atom. The molecule has 0 amide bonds. The second-order valence-corrected chi connectivity index (χ2v) is 6.45. The second kappa shape index (κ2) is 5.63. The van der Waals surface area contributed by atoms with Crippen LogP contribution in [0.4, 0.5) is 0 Å². The highest BCUT2D eigenvalue weighted by Crippen LogP contribution is 2.30. The maximum absolute atomic E-state index is 6.52. The number of aryl methyl sites for hydroxylation is 2. The Hall–Kier alpha value is -0.870. The van der Waals surface area contributed by atoms with Crippen LogP contribution in [0, 0.1) is 31.3 Å². The Bertz CT molecular complexity index is 591. The summed E-state index contributed by atoms with van der Waals surface area (Å²) in [5.41, 5.74) is 14.2. The van der Waals surface area contributed by atoms with Crippen molar-refractivity contribution in [2.24, 2.45) is 5.73 Å². The van der Waals surface area contributed by atoms with Crippen LogP contribution in [0.5, 0.6) is 0 Å². The van der Waals surface area contributed by atoms with Gasteiger partial charge < -0.3 is 5.73 Å². The summed E-state index contributed by atoms with van der Waals surface area (Å²) in [4.78, 5) is 0. The third-order valence-corrected chi connectivity index (χ3v) is 4.61. The summed E-state index contributed by atoms with van der Waals surface area (Å²) in [6, 6.07) is 10.6. The molecule has 0 bridgehead atoms. The van der Waals surface area contributed by atoms with Gasteiger partial charge in [0.15, 0.2) is 0 Å². The van der Waals surface area contributed by atoms with Crippen molar-refractivity contribution in [1.82, 2.24) is 0 Å². The van der Waals surface area contributed by atoms with E-state index in [1.54, 1.807) is 0 Å². The maximum Gasteiger partial charge on any atom is 0.0557 e. The number of halogens is 1. The average Bonchev–Trinajstić information content (AvgIpc) is 2.36. The summed E-state index contributed by atoms with van der Waals surface area (Å²) in [5.74, 6) is 0. The zero-order chi connectivity index (χ0) is 14.2. The highest BCUT2D eigenvalue weighted by Gasteiger charge is 2.17. The number of hydrogen-bond acceptors (Lipinski definition) is 1. The van der Waals surface area contributed by atoms with Gasteiger partial charge in [-0.25, -0.2) is 0 Å². The number of rotatable bonds is 2. The van der Waals surface area contributed by atoms with Gasteiger partial charge in [0.2, 0.25) is 0 Å². The van der Waals surface area contributed by atoms with Gasteiger partial charge in [0.25, 0.3) is 0 Å². The lowest BCUT2D eigenvalue weighted by Crippen LogP contribution is -2.16. The van der Waals surface area contributed by atoms with Gasteiger partial charge in [0.1, 0.15) is 0 Å². The number of nitrogens with two attached hydrogens (primary N) is 1. The molecule has 2 N–H and O–H groups in total. The Balaban J connectivity index is 2.59. The van der Waals surface area contributed by atoms with E-state index in [9.17, 15) is 0 Å². The van der Waals surface area contributed by atoms with E-state index < -0.39 is 0 Å². The Kier molecular flexibility index (Phi) is 4.31. The van der Waals surface area contributed by atoms with Crippen LogP contribution in [0.15, 0.2) is 30.3 Å². The molecule has 0 spiro atoms. The predicted octanol–water partition coefficient (Wildman–Crippen LogP) is 4.57. The summed E-state index contributed by atoms with van der Waals surface area (Å²) >= 11 is 2.33. The van der Waals surface area contributed by atoms with Crippen LogP contribution in [0.25, 0.3) is 0 Å². The summed E-state index contributed by atoms with van der Waals surface area (Å²) in [6.07, 6.45) is 0. The van der Waals surface area contributed by atoms with Gasteiger partial charge in [-0.3, -0.25) is 0 Å². The molecule has 100 valence electrons. The fraction of sp³-hybridized carbons (Fsp3) is 0.294. The van der Waals surface area contributed by atoms with Gasteiger partial charge >= 0.3 is 0 Å². The minimum Gasteiger partial charge on any atom is -0.320 e. The smallest absolute Gasteiger partial charge is 0.0557 e. The van der Waals surface area contributed by atoms with Crippen LogP contribution < -0.4 is 5.73 Å². The van der Waals surface area contributed by atoms with E-state index in [0.717, 1.165) is 0 Å². The Morgan fingerprint density at radius 2 is 1.53 bits per heavy atom. The fourth-order valence-electron chi connectivity index (χ4n) is 2.58. The predicted molar refractivity (Wildman–Crippen MR) is 90.6 cm³/mol. The van der Waals surface area contributed by atoms with Crippen molar-refractivity contribution in [3.8, 4) is 0 Å². The van der Waals surface area contributed by atoms with Gasteiger partial charge in [-0.05, 0) is 95.8 Å². The van der Waals surface area contributed by atoms with Gasteiger partial charge in [-0.15, -0.1) is 0 Å². The SMILES string of the molecule is Cc1cc(C)c(C)c(C(N)c2cccc(I)c2)c1C. The zero-order valence-corrected chi connectivity index (χ0v) is 14.1. The summed E-state index contributed by atoms with van der Waals surface area (Å²) in [6.45, 7) is 8.66. The van der Waals surface area contributed by atoms with Crippen LogP contribution in [-0.4, -0.2) is 0 Å². The van der Waals surface area contributed by atoms with Gasteiger partial charge in [0, 0.05) is 3.57 Å². The van der Waals surface area contributed by atoms with Crippen LogP contribution in [0.3, 0.4) is 0 Å². The van der Waals surface area contributed by atoms with Crippen LogP contribution in [0.1, 0.15) is 39.4 Å². The summed E-state index contributed by atoms with van der Waals surface area (Å²) in [7, 11) is 0. The van der Waals surface area contributed by atoms with Crippen molar-refractivity contribution in [3.05, 3.63) is 67.3 Å². The van der Waals surface area contributed by atoms with E-state index in [-0.39, 0.29) is 6.04 Å². The van der Waals surface area contributed by atoms with E-state index in [0.29, 0.717) is 0 Å². The molecule has 0 aliphatic carbocycles. The standard InChI is InChI=1S/C17H20IN/c1-10-8-11(2)13(4)16(12(10)3)17(19)14-6-5-7-15(18)9-14/h5-9,17H,19H2,1-4H3. The molecule has 2 rings (SSSR count). The molecule has 0 aliphatic rings. The van der Waals surface area contributed by atoms with Gasteiger partial charge in [-0.2, -0.15) is 0 Å². The van der Waals surface area contributed by atoms with Crippen molar-refractivity contribution in [3.63, 3.8) is 0 Å². The first-order valence-corrected chi connectivity index (χ1v) is 7.58. The van der Waals surface area contributed by atoms with Crippen molar-refractivity contribution in [2.75, 3.05) is 0 Å². The van der Waals surface area contributed by atoms with Crippen molar-refractivity contribution in [1.29, 1.82) is 0 Å². The molecule has 19 heavy (non-hydrogen) atoms. The molecule has 1 nitrogen and oxygen atoms in total. The lowest BCUT2D eigenvalue weighted by Gasteiger charge is -2.21. The number of hydrogen-bond donors (Lipinski definition) is 1. The molecule has 0 aromatic heterocycles. The molecule has 2 aromatic carbocycles. The first-order valence-electron chi connectivity index (χ1n) is 6.50. The summed E-state index contributed by atoms with van der Waals surface area (Å²) in [5, 5.41) is 0. The second-order valence-electron chi connectivity index (χ2n) is 5.21. The monoisotopic (exact) mass is 365 g/mol. The normalized spacial score (nSPS) is 12.5. The minimum absolute atomic E-state index is 0.0479. The average molecular weight is 365 g/mol. The Labute approximate surface area is 129 Å². The van der Waals surface area contributed by atoms with Crippen molar-refractivity contribution >= 4 is 22.6 Å². The largest absolute Gasteiger partial charge is 0.320 e. The Morgan fingerprint density at radius 3 is 2.05 bits per heavy atom. The molecule has 0 saturated carbocycles. The van der Waals surface area contributed by atoms with E-state index in [2.05, 4.69) is 80.6 Å². The van der Waals surface area contributed by atoms with Gasteiger partial charge in [-0.1, -0.05) is 18.2 Å². The maximum atomic E-state index is 6.52. The minimum atomic E-state index is -0.0479. The highest BCUT2D eigenvalue weighted by atomic mass is 127. The first-order chi connectivity index (χ1) is 8.91. The fourth-order valence-corrected chi connectivity index (χ4v) is 3.15. The molecule has 2 heteroatoms. The summed E-state index contributed by atoms with van der Waals surface area (Å²) < 4.78 is 1.23. The first kappa shape index (κ1) is 14.5. The topological polar surface area (TPSA) is 26.0 Å². The zero-order valence-electron chi connectivity index (χ0n) is 11.9. The molecule has 1 atom stereocenters. The molecule has 0 saturated heterocycles. The molecule has 0 fully saturated rings. The quantitative estimate of drug-likeness (QED) is 0.775. The molecular formula is C17H20IN.